The van der Waals surface area contributed by atoms with E-state index in [-0.39, 0.29) is 0 Å². The first-order valence-electron chi connectivity index (χ1n) is 9.00. The molecule has 0 aliphatic heterocycles. The average Bonchev–Trinajstić information content (AvgIpc) is 2.65. The van der Waals surface area contributed by atoms with E-state index in [1.165, 1.54) is 0 Å². The highest BCUT2D eigenvalue weighted by Crippen LogP contribution is 2.26. The van der Waals surface area contributed by atoms with Crippen molar-refractivity contribution in [1.29, 1.82) is 5.26 Å². The van der Waals surface area contributed by atoms with Gasteiger partial charge in [-0.25, -0.2) is 0 Å². The Morgan fingerprint density at radius 2 is 1.44 bits per heavy atom. The van der Waals surface area contributed by atoms with Crippen LogP contribution in [-0.2, 0) is 4.65 Å². The molecule has 3 rings (SSSR count). The highest BCUT2D eigenvalue weighted by molar-refractivity contribution is 6.47. The molecule has 2 N–H and O–H groups in total. The summed E-state index contributed by atoms with van der Waals surface area (Å²) in [5.74, 6) is 0. The second-order valence-electron chi connectivity index (χ2n) is 7.88. The first kappa shape index (κ1) is 19.2. The van der Waals surface area contributed by atoms with Crippen LogP contribution in [0, 0.1) is 11.3 Å². The third kappa shape index (κ3) is 4.22. The maximum Gasteiger partial charge on any atom is 0.331 e. The molecule has 0 fully saturated rings. The van der Waals surface area contributed by atoms with Crippen LogP contribution in [0.25, 0.3) is 21.9 Å². The topological polar surface area (TPSA) is 55.9 Å². The zero-order valence-corrected chi connectivity index (χ0v) is 16.2. The predicted octanol–water partition coefficient (Wildman–Crippen LogP) is 3.92. The molecule has 0 atom stereocenters. The summed E-state index contributed by atoms with van der Waals surface area (Å²) in [6, 6.07) is 22.3. The Bertz CT molecular complexity index is 996. The molecule has 0 heterocycles. The minimum atomic E-state index is -0.698. The number of hydrogen-bond acceptors (Lipinski definition) is 2. The van der Waals surface area contributed by atoms with Crippen molar-refractivity contribution in [3.05, 3.63) is 66.2 Å². The van der Waals surface area contributed by atoms with Crippen molar-refractivity contribution < 1.29 is 9.76 Å². The number of nitrogens with zero attached hydrogens (tertiary/aromatic N) is 1. The van der Waals surface area contributed by atoms with E-state index in [1.807, 2.05) is 58.0 Å². The zero-order chi connectivity index (χ0) is 19.7. The standard InChI is InChI=1S/C23H23BNO2/c1-22(2,26)23(3,4)27-24-21-12-11-19-13-18(9-10-20(19)14-21)17-7-5-16(15-25)6-8-17/h5-14,26H,1-4H3/p+1. The van der Waals surface area contributed by atoms with Crippen LogP contribution in [0.15, 0.2) is 60.7 Å². The Morgan fingerprint density at radius 3 is 2.07 bits per heavy atom. The first-order chi connectivity index (χ1) is 12.7. The molecule has 1 radical (unpaired) electrons. The highest BCUT2D eigenvalue weighted by atomic mass is 16.5. The van der Waals surface area contributed by atoms with E-state index in [9.17, 15) is 0 Å². The lowest BCUT2D eigenvalue weighted by Gasteiger charge is -2.33. The third-order valence-electron chi connectivity index (χ3n) is 5.21. The fraction of sp³-hybridized carbons (Fsp3) is 0.261. The first-order valence-corrected chi connectivity index (χ1v) is 9.00. The predicted molar refractivity (Wildman–Crippen MR) is 112 cm³/mol. The van der Waals surface area contributed by atoms with Crippen molar-refractivity contribution in [1.82, 2.24) is 0 Å². The van der Waals surface area contributed by atoms with Gasteiger partial charge in [0, 0.05) is 13.8 Å². The van der Waals surface area contributed by atoms with Crippen molar-refractivity contribution in [3.63, 3.8) is 0 Å². The summed E-state index contributed by atoms with van der Waals surface area (Å²) in [4.78, 5) is 0. The van der Waals surface area contributed by atoms with Crippen molar-refractivity contribution >= 4 is 23.7 Å². The molecule has 0 aliphatic carbocycles. The van der Waals surface area contributed by atoms with Gasteiger partial charge in [0.05, 0.1) is 11.6 Å². The lowest BCUT2D eigenvalue weighted by atomic mass is 9.82. The van der Waals surface area contributed by atoms with E-state index in [0.29, 0.717) is 5.56 Å². The molecule has 0 saturated heterocycles. The lowest BCUT2D eigenvalue weighted by molar-refractivity contribution is -0.0893. The summed E-state index contributed by atoms with van der Waals surface area (Å²) >= 11 is 0. The molecule has 0 aliphatic rings. The molecule has 4 heteroatoms. The third-order valence-corrected chi connectivity index (χ3v) is 5.21. The van der Waals surface area contributed by atoms with E-state index in [4.69, 9.17) is 15.0 Å². The SMILES string of the molecule is CC(C)([OH2+])C(C)(C)O[B]c1ccc2cc(-c3ccc(C#N)cc3)ccc2c1. The van der Waals surface area contributed by atoms with Crippen LogP contribution in [0.3, 0.4) is 0 Å². The fourth-order valence-electron chi connectivity index (χ4n) is 2.62. The number of nitriles is 1. The molecule has 0 amide bonds. The van der Waals surface area contributed by atoms with Crippen LogP contribution in [-0.4, -0.2) is 23.8 Å². The van der Waals surface area contributed by atoms with E-state index in [2.05, 4.69) is 36.4 Å². The summed E-state index contributed by atoms with van der Waals surface area (Å²) in [6.07, 6.45) is 0. The molecule has 0 saturated carbocycles. The van der Waals surface area contributed by atoms with Gasteiger partial charge in [-0.2, -0.15) is 5.26 Å². The van der Waals surface area contributed by atoms with Gasteiger partial charge in [0.1, 0.15) is 5.60 Å². The van der Waals surface area contributed by atoms with Gasteiger partial charge in [-0.05, 0) is 53.9 Å². The van der Waals surface area contributed by atoms with Crippen molar-refractivity contribution in [2.24, 2.45) is 0 Å². The molecule has 27 heavy (non-hydrogen) atoms. The van der Waals surface area contributed by atoms with Gasteiger partial charge < -0.3 is 9.76 Å². The molecular weight excluding hydrogens is 333 g/mol. The Kier molecular flexibility index (Phi) is 5.10. The summed E-state index contributed by atoms with van der Waals surface area (Å²) in [7, 11) is 1.74. The molecule has 0 bridgehead atoms. The second-order valence-corrected chi connectivity index (χ2v) is 7.88. The smallest absolute Gasteiger partial charge is 0.331 e. The van der Waals surface area contributed by atoms with Gasteiger partial charge in [-0.15, -0.1) is 0 Å². The van der Waals surface area contributed by atoms with Crippen LogP contribution < -0.4 is 5.46 Å². The molecule has 3 nitrogen and oxygen atoms in total. The molecule has 3 aromatic rings. The van der Waals surface area contributed by atoms with E-state index in [0.717, 1.165) is 27.4 Å². The molecule has 135 valence electrons. The lowest BCUT2D eigenvalue weighted by Crippen LogP contribution is -2.49. The van der Waals surface area contributed by atoms with Gasteiger partial charge in [0.2, 0.25) is 0 Å². The highest BCUT2D eigenvalue weighted by Gasteiger charge is 2.40. The van der Waals surface area contributed by atoms with Crippen LogP contribution in [0.1, 0.15) is 33.3 Å². The monoisotopic (exact) mass is 357 g/mol. The number of hydrogen-bond donors (Lipinski definition) is 0. The number of fused-ring (bicyclic) bond motifs is 1. The fourth-order valence-corrected chi connectivity index (χ4v) is 2.62. The van der Waals surface area contributed by atoms with Crippen molar-refractivity contribution in [2.45, 2.75) is 38.9 Å². The van der Waals surface area contributed by atoms with Gasteiger partial charge in [0.15, 0.2) is 5.60 Å². The quantitative estimate of drug-likeness (QED) is 0.513. The molecule has 0 spiro atoms. The largest absolute Gasteiger partial charge is 0.439 e. The summed E-state index contributed by atoms with van der Waals surface area (Å²) in [5, 5.41) is 19.4. The summed E-state index contributed by atoms with van der Waals surface area (Å²) < 4.78 is 5.90. The summed E-state index contributed by atoms with van der Waals surface area (Å²) in [6.45, 7) is 7.57. The van der Waals surface area contributed by atoms with Gasteiger partial charge >= 0.3 is 7.48 Å². The van der Waals surface area contributed by atoms with Crippen LogP contribution in [0.5, 0.6) is 0 Å². The molecule has 0 aromatic heterocycles. The number of benzene rings is 3. The molecule has 3 aromatic carbocycles. The van der Waals surface area contributed by atoms with Gasteiger partial charge in [-0.1, -0.05) is 47.9 Å². The normalized spacial score (nSPS) is 12.0. The van der Waals surface area contributed by atoms with Gasteiger partial charge in [0.25, 0.3) is 0 Å². The Labute approximate surface area is 161 Å². The Morgan fingerprint density at radius 1 is 0.852 bits per heavy atom. The van der Waals surface area contributed by atoms with Gasteiger partial charge in [-0.3, -0.25) is 0 Å². The number of rotatable bonds is 5. The van der Waals surface area contributed by atoms with Crippen LogP contribution in [0.2, 0.25) is 0 Å². The Hall–Kier alpha value is -2.61. The maximum absolute atomic E-state index is 8.93. The minimum Gasteiger partial charge on any atom is -0.439 e. The minimum absolute atomic E-state index is 0.582. The van der Waals surface area contributed by atoms with Crippen molar-refractivity contribution in [3.8, 4) is 17.2 Å². The van der Waals surface area contributed by atoms with Crippen LogP contribution in [0.4, 0.5) is 0 Å². The van der Waals surface area contributed by atoms with E-state index in [1.54, 1.807) is 7.48 Å². The van der Waals surface area contributed by atoms with Crippen LogP contribution >= 0.6 is 0 Å². The van der Waals surface area contributed by atoms with Crippen molar-refractivity contribution in [2.75, 3.05) is 0 Å². The van der Waals surface area contributed by atoms with E-state index < -0.39 is 11.2 Å². The summed E-state index contributed by atoms with van der Waals surface area (Å²) in [5.41, 5.74) is 2.58. The molecular formula is C23H24BNO2+. The van der Waals surface area contributed by atoms with E-state index >= 15 is 0 Å². The maximum atomic E-state index is 8.93. The zero-order valence-electron chi connectivity index (χ0n) is 16.2. The molecule has 0 unspecified atom stereocenters. The average molecular weight is 357 g/mol. The Balaban J connectivity index is 1.82. The second kappa shape index (κ2) is 7.19.